The van der Waals surface area contributed by atoms with Gasteiger partial charge in [-0.1, -0.05) is 6.07 Å². The molecule has 0 atom stereocenters. The Kier molecular flexibility index (Phi) is 4.73. The Morgan fingerprint density at radius 1 is 1.38 bits per heavy atom. The van der Waals surface area contributed by atoms with Crippen LogP contribution in [0.2, 0.25) is 0 Å². The van der Waals surface area contributed by atoms with Crippen LogP contribution in [0.3, 0.4) is 0 Å². The number of hydrogen-bond donors (Lipinski definition) is 3. The standard InChI is InChI=1S/C15H18N4O2/c1-2-19(13-4-3-5-14(20)8-13)10-12-7-6-11(9-17-12)15(21)18-16/h3-9,20H,2,10,16H2,1H3,(H,18,21). The van der Waals surface area contributed by atoms with Crippen LogP contribution in [0.4, 0.5) is 5.69 Å². The number of anilines is 1. The Morgan fingerprint density at radius 2 is 2.19 bits per heavy atom. The van der Waals surface area contributed by atoms with E-state index in [0.717, 1.165) is 17.9 Å². The molecule has 0 unspecified atom stereocenters. The van der Waals surface area contributed by atoms with Gasteiger partial charge in [0.05, 0.1) is 17.8 Å². The summed E-state index contributed by atoms with van der Waals surface area (Å²) in [6, 6.07) is 10.5. The van der Waals surface area contributed by atoms with Crippen molar-refractivity contribution >= 4 is 11.6 Å². The molecule has 6 heteroatoms. The van der Waals surface area contributed by atoms with Gasteiger partial charge >= 0.3 is 0 Å². The first-order chi connectivity index (χ1) is 10.1. The largest absolute Gasteiger partial charge is 0.508 e. The molecule has 0 fully saturated rings. The number of nitrogens with two attached hydrogens (primary N) is 1. The fourth-order valence-electron chi connectivity index (χ4n) is 2.01. The number of carbonyl (C=O) groups excluding carboxylic acids is 1. The number of nitrogens with one attached hydrogen (secondary N) is 1. The number of amides is 1. The van der Waals surface area contributed by atoms with Gasteiger partial charge in [0, 0.05) is 24.5 Å². The fourth-order valence-corrected chi connectivity index (χ4v) is 2.01. The minimum atomic E-state index is -0.366. The zero-order valence-electron chi connectivity index (χ0n) is 11.8. The number of phenolic OH excluding ortho intramolecular Hbond substituents is 1. The molecule has 1 heterocycles. The van der Waals surface area contributed by atoms with Crippen molar-refractivity contribution in [3.05, 3.63) is 53.9 Å². The minimum Gasteiger partial charge on any atom is -0.508 e. The van der Waals surface area contributed by atoms with Gasteiger partial charge < -0.3 is 10.0 Å². The lowest BCUT2D eigenvalue weighted by atomic mass is 10.2. The van der Waals surface area contributed by atoms with Crippen molar-refractivity contribution in [2.24, 2.45) is 5.84 Å². The van der Waals surface area contributed by atoms with Crippen molar-refractivity contribution in [3.63, 3.8) is 0 Å². The Morgan fingerprint density at radius 3 is 2.76 bits per heavy atom. The number of phenols is 1. The second-order valence-electron chi connectivity index (χ2n) is 4.55. The molecule has 0 radical (unpaired) electrons. The van der Waals surface area contributed by atoms with Crippen LogP contribution >= 0.6 is 0 Å². The van der Waals surface area contributed by atoms with E-state index in [1.807, 2.05) is 13.0 Å². The van der Waals surface area contributed by atoms with Gasteiger partial charge in [-0.2, -0.15) is 0 Å². The molecule has 0 bridgehead atoms. The number of nitrogens with zero attached hydrogens (tertiary/aromatic N) is 2. The molecular weight excluding hydrogens is 268 g/mol. The van der Waals surface area contributed by atoms with Gasteiger partial charge in [-0.3, -0.25) is 15.2 Å². The van der Waals surface area contributed by atoms with Gasteiger partial charge in [-0.25, -0.2) is 5.84 Å². The second kappa shape index (κ2) is 6.71. The normalized spacial score (nSPS) is 10.2. The van der Waals surface area contributed by atoms with E-state index in [-0.39, 0.29) is 11.7 Å². The van der Waals surface area contributed by atoms with Gasteiger partial charge in [-0.05, 0) is 31.2 Å². The number of rotatable bonds is 5. The zero-order chi connectivity index (χ0) is 15.2. The lowest BCUT2D eigenvalue weighted by Crippen LogP contribution is -2.30. The number of carbonyl (C=O) groups is 1. The first-order valence-electron chi connectivity index (χ1n) is 6.64. The molecule has 1 amide bonds. The Labute approximate surface area is 123 Å². The molecular formula is C15H18N4O2. The zero-order valence-corrected chi connectivity index (χ0v) is 11.8. The molecule has 0 spiro atoms. The molecule has 2 rings (SSSR count). The predicted octanol–water partition coefficient (Wildman–Crippen LogP) is 1.42. The van der Waals surface area contributed by atoms with E-state index in [1.165, 1.54) is 6.20 Å². The summed E-state index contributed by atoms with van der Waals surface area (Å²) >= 11 is 0. The van der Waals surface area contributed by atoms with Gasteiger partial charge in [0.15, 0.2) is 0 Å². The average molecular weight is 286 g/mol. The third-order valence-electron chi connectivity index (χ3n) is 3.15. The molecule has 1 aromatic carbocycles. The van der Waals surface area contributed by atoms with Gasteiger partial charge in [0.1, 0.15) is 5.75 Å². The van der Waals surface area contributed by atoms with Crippen molar-refractivity contribution in [1.82, 2.24) is 10.4 Å². The summed E-state index contributed by atoms with van der Waals surface area (Å²) in [5.74, 6) is 4.94. The fraction of sp³-hybridized carbons (Fsp3) is 0.200. The molecule has 6 nitrogen and oxygen atoms in total. The highest BCUT2D eigenvalue weighted by Gasteiger charge is 2.08. The van der Waals surface area contributed by atoms with Crippen molar-refractivity contribution < 1.29 is 9.90 Å². The van der Waals surface area contributed by atoms with Crippen LogP contribution in [-0.4, -0.2) is 22.5 Å². The first kappa shape index (κ1) is 14.8. The van der Waals surface area contributed by atoms with Gasteiger partial charge in [-0.15, -0.1) is 0 Å². The molecule has 0 aliphatic carbocycles. The van der Waals surface area contributed by atoms with Crippen molar-refractivity contribution in [3.8, 4) is 5.75 Å². The number of nitrogen functional groups attached to an aromatic ring is 1. The quantitative estimate of drug-likeness (QED) is 0.439. The first-order valence-corrected chi connectivity index (χ1v) is 6.64. The predicted molar refractivity (Wildman–Crippen MR) is 80.7 cm³/mol. The number of hydrogen-bond acceptors (Lipinski definition) is 5. The number of aromatic nitrogens is 1. The second-order valence-corrected chi connectivity index (χ2v) is 4.55. The summed E-state index contributed by atoms with van der Waals surface area (Å²) in [5.41, 5.74) is 4.23. The molecule has 1 aromatic heterocycles. The molecule has 0 aliphatic heterocycles. The molecule has 0 saturated heterocycles. The molecule has 4 N–H and O–H groups in total. The molecule has 2 aromatic rings. The van der Waals surface area contributed by atoms with E-state index in [9.17, 15) is 9.90 Å². The SMILES string of the molecule is CCN(Cc1ccc(C(=O)NN)cn1)c1cccc(O)c1. The van der Waals surface area contributed by atoms with Crippen molar-refractivity contribution in [2.75, 3.05) is 11.4 Å². The highest BCUT2D eigenvalue weighted by Crippen LogP contribution is 2.21. The highest BCUT2D eigenvalue weighted by molar-refractivity contribution is 5.93. The topological polar surface area (TPSA) is 91.5 Å². The van der Waals surface area contributed by atoms with Crippen LogP contribution in [0.5, 0.6) is 5.75 Å². The maximum atomic E-state index is 11.3. The molecule has 0 saturated carbocycles. The maximum Gasteiger partial charge on any atom is 0.266 e. The molecule has 21 heavy (non-hydrogen) atoms. The van der Waals surface area contributed by atoms with Crippen LogP contribution in [0, 0.1) is 0 Å². The van der Waals surface area contributed by atoms with E-state index >= 15 is 0 Å². The van der Waals surface area contributed by atoms with Crippen molar-refractivity contribution in [2.45, 2.75) is 13.5 Å². The summed E-state index contributed by atoms with van der Waals surface area (Å²) in [6.07, 6.45) is 1.49. The van der Waals surface area contributed by atoms with E-state index in [1.54, 1.807) is 30.3 Å². The third-order valence-corrected chi connectivity index (χ3v) is 3.15. The monoisotopic (exact) mass is 286 g/mol. The summed E-state index contributed by atoms with van der Waals surface area (Å²) in [6.45, 7) is 3.39. The number of benzene rings is 1. The molecule has 0 aliphatic rings. The van der Waals surface area contributed by atoms with E-state index in [4.69, 9.17) is 5.84 Å². The van der Waals surface area contributed by atoms with Crippen LogP contribution in [-0.2, 0) is 6.54 Å². The number of hydrazine groups is 1. The Bertz CT molecular complexity index is 613. The van der Waals surface area contributed by atoms with Gasteiger partial charge in [0.25, 0.3) is 5.91 Å². The van der Waals surface area contributed by atoms with Crippen LogP contribution in [0.25, 0.3) is 0 Å². The van der Waals surface area contributed by atoms with Crippen molar-refractivity contribution in [1.29, 1.82) is 0 Å². The molecule has 110 valence electrons. The summed E-state index contributed by atoms with van der Waals surface area (Å²) < 4.78 is 0. The Hall–Kier alpha value is -2.60. The number of pyridine rings is 1. The maximum absolute atomic E-state index is 11.3. The van der Waals surface area contributed by atoms with E-state index in [2.05, 4.69) is 15.3 Å². The van der Waals surface area contributed by atoms with E-state index < -0.39 is 0 Å². The summed E-state index contributed by atoms with van der Waals surface area (Å²) in [4.78, 5) is 17.7. The van der Waals surface area contributed by atoms with Crippen LogP contribution in [0.1, 0.15) is 23.0 Å². The lowest BCUT2D eigenvalue weighted by Gasteiger charge is -2.22. The Balaban J connectivity index is 2.13. The van der Waals surface area contributed by atoms with Crippen LogP contribution < -0.4 is 16.2 Å². The van der Waals surface area contributed by atoms with E-state index in [0.29, 0.717) is 12.1 Å². The minimum absolute atomic E-state index is 0.230. The highest BCUT2D eigenvalue weighted by atomic mass is 16.3. The third kappa shape index (κ3) is 3.70. The summed E-state index contributed by atoms with van der Waals surface area (Å²) in [7, 11) is 0. The van der Waals surface area contributed by atoms with Crippen LogP contribution in [0.15, 0.2) is 42.6 Å². The van der Waals surface area contributed by atoms with Gasteiger partial charge in [0.2, 0.25) is 0 Å². The smallest absolute Gasteiger partial charge is 0.266 e. The average Bonchev–Trinajstić information content (AvgIpc) is 2.52. The lowest BCUT2D eigenvalue weighted by molar-refractivity contribution is 0.0953. The summed E-state index contributed by atoms with van der Waals surface area (Å²) in [5, 5.41) is 9.55. The number of aromatic hydroxyl groups is 1.